The van der Waals surface area contributed by atoms with Gasteiger partial charge in [-0.05, 0) is 83.8 Å². The van der Waals surface area contributed by atoms with Gasteiger partial charge in [0, 0.05) is 45.8 Å². The lowest BCUT2D eigenvalue weighted by atomic mass is 9.86. The molecule has 2 aliphatic carbocycles. The third-order valence-corrected chi connectivity index (χ3v) is 9.75. The summed E-state index contributed by atoms with van der Waals surface area (Å²) in [6.45, 7) is 7.32. The Bertz CT molecular complexity index is 2290. The zero-order chi connectivity index (χ0) is 33.9. The molecule has 0 atom stereocenters. The molecule has 0 bridgehead atoms. The van der Waals surface area contributed by atoms with E-state index in [1.54, 1.807) is 0 Å². The van der Waals surface area contributed by atoms with Gasteiger partial charge in [0.25, 0.3) is 0 Å². The lowest BCUT2D eigenvalue weighted by Crippen LogP contribution is -2.24. The van der Waals surface area contributed by atoms with Gasteiger partial charge in [-0.2, -0.15) is 0 Å². The first-order chi connectivity index (χ1) is 24.7. The fourth-order valence-corrected chi connectivity index (χ4v) is 7.35. The molecule has 0 amide bonds. The fourth-order valence-electron chi connectivity index (χ4n) is 7.35. The smallest absolute Gasteiger partial charge is 0.0615 e. The maximum atomic E-state index is 4.41. The van der Waals surface area contributed by atoms with E-state index in [0.29, 0.717) is 0 Å². The average Bonchev–Trinajstić information content (AvgIpc) is 3.53. The van der Waals surface area contributed by atoms with Gasteiger partial charge < -0.3 is 9.80 Å². The molecule has 0 aromatic heterocycles. The summed E-state index contributed by atoms with van der Waals surface area (Å²) in [5, 5.41) is 2.49. The molecule has 2 heteroatoms. The molecule has 0 fully saturated rings. The third kappa shape index (κ3) is 5.90. The largest absolute Gasteiger partial charge is 0.337 e. The Hall–Kier alpha value is -6.12. The van der Waals surface area contributed by atoms with E-state index < -0.39 is 0 Å². The lowest BCUT2D eigenvalue weighted by molar-refractivity contribution is 1.01. The molecule has 3 aliphatic rings. The average molecular weight is 645 g/mol. The predicted octanol–water partition coefficient (Wildman–Crippen LogP) is 12.7. The van der Waals surface area contributed by atoms with E-state index in [2.05, 4.69) is 199 Å². The van der Waals surface area contributed by atoms with Crippen molar-refractivity contribution in [2.24, 2.45) is 0 Å². The number of anilines is 4. The molecule has 1 aliphatic heterocycles. The number of rotatable bonds is 5. The van der Waals surface area contributed by atoms with Crippen LogP contribution in [0.3, 0.4) is 0 Å². The quantitative estimate of drug-likeness (QED) is 0.188. The van der Waals surface area contributed by atoms with Gasteiger partial charge in [0.1, 0.15) is 0 Å². The van der Waals surface area contributed by atoms with Crippen molar-refractivity contribution in [1.29, 1.82) is 0 Å². The molecule has 0 saturated carbocycles. The maximum Gasteiger partial charge on any atom is 0.0615 e. The van der Waals surface area contributed by atoms with Crippen LogP contribution < -0.4 is 9.80 Å². The molecule has 5 aromatic rings. The van der Waals surface area contributed by atoms with Crippen LogP contribution >= 0.6 is 0 Å². The van der Waals surface area contributed by atoms with Crippen LogP contribution in [0, 0.1) is 6.92 Å². The van der Waals surface area contributed by atoms with Crippen LogP contribution in [0.4, 0.5) is 22.7 Å². The van der Waals surface area contributed by atoms with Crippen LogP contribution in [-0.4, -0.2) is 6.54 Å². The molecule has 1 heterocycles. The van der Waals surface area contributed by atoms with E-state index in [-0.39, 0.29) is 0 Å². The summed E-state index contributed by atoms with van der Waals surface area (Å²) in [6.07, 6.45) is 28.1. The van der Waals surface area contributed by atoms with E-state index in [1.807, 2.05) is 0 Å². The van der Waals surface area contributed by atoms with Crippen molar-refractivity contribution in [2.45, 2.75) is 19.8 Å². The van der Waals surface area contributed by atoms with Gasteiger partial charge in [-0.25, -0.2) is 0 Å². The Morgan fingerprint density at radius 2 is 1.38 bits per heavy atom. The summed E-state index contributed by atoms with van der Waals surface area (Å²) >= 11 is 0. The van der Waals surface area contributed by atoms with Crippen LogP contribution in [-0.2, 0) is 6.42 Å². The second-order valence-corrected chi connectivity index (χ2v) is 13.0. The number of para-hydroxylation sites is 1. The molecule has 5 aromatic carbocycles. The highest BCUT2D eigenvalue weighted by molar-refractivity contribution is 6.11. The first-order valence-corrected chi connectivity index (χ1v) is 17.5. The molecule has 0 spiro atoms. The summed E-state index contributed by atoms with van der Waals surface area (Å²) in [5.74, 6) is 0. The van der Waals surface area contributed by atoms with Gasteiger partial charge >= 0.3 is 0 Å². The number of nitrogens with zero attached hydrogens (tertiary/aromatic N) is 2. The molecule has 242 valence electrons. The van der Waals surface area contributed by atoms with Crippen molar-refractivity contribution < 1.29 is 0 Å². The monoisotopic (exact) mass is 644 g/mol. The van der Waals surface area contributed by atoms with Crippen molar-refractivity contribution in [3.05, 3.63) is 210 Å². The zero-order valence-electron chi connectivity index (χ0n) is 28.5. The van der Waals surface area contributed by atoms with Gasteiger partial charge in [-0.15, -0.1) is 0 Å². The Kier molecular flexibility index (Phi) is 8.59. The molecule has 0 saturated heterocycles. The van der Waals surface area contributed by atoms with Crippen LogP contribution in [0.5, 0.6) is 0 Å². The number of benzene rings is 5. The van der Waals surface area contributed by atoms with Crippen molar-refractivity contribution in [1.82, 2.24) is 0 Å². The molecule has 50 heavy (non-hydrogen) atoms. The van der Waals surface area contributed by atoms with Crippen LogP contribution in [0.25, 0.3) is 28.0 Å². The summed E-state index contributed by atoms with van der Waals surface area (Å²) in [6, 6.07) is 37.8. The highest BCUT2D eigenvalue weighted by Gasteiger charge is 2.25. The van der Waals surface area contributed by atoms with Gasteiger partial charge in [-0.3, -0.25) is 0 Å². The Balaban J connectivity index is 1.32. The number of aryl methyl sites for hydroxylation is 1. The second-order valence-electron chi connectivity index (χ2n) is 13.0. The molecule has 8 rings (SSSR count). The SMILES string of the molecule is C=C1/C=C\C=C/CN(c2ccc(N(c3ccccc3)c3c4c(c(-c5ccc(C)cc5)c5ccccc35)CC=CC=C4)cc2)C2=CCC=CC=C12. The predicted molar refractivity (Wildman–Crippen MR) is 215 cm³/mol. The van der Waals surface area contributed by atoms with Gasteiger partial charge in [0.2, 0.25) is 0 Å². The van der Waals surface area contributed by atoms with Crippen molar-refractivity contribution >= 4 is 39.6 Å². The van der Waals surface area contributed by atoms with Crippen LogP contribution in [0.1, 0.15) is 23.1 Å². The minimum absolute atomic E-state index is 0.763. The number of fused-ring (bicyclic) bond motifs is 3. The van der Waals surface area contributed by atoms with E-state index in [9.17, 15) is 0 Å². The molecule has 0 unspecified atom stereocenters. The van der Waals surface area contributed by atoms with Crippen molar-refractivity contribution in [2.75, 3.05) is 16.3 Å². The number of allylic oxidation sites excluding steroid dienone is 11. The van der Waals surface area contributed by atoms with Gasteiger partial charge in [0.05, 0.1) is 5.69 Å². The lowest BCUT2D eigenvalue weighted by Gasteiger charge is -2.32. The zero-order valence-corrected chi connectivity index (χ0v) is 28.5. The first kappa shape index (κ1) is 31.2. The van der Waals surface area contributed by atoms with Gasteiger partial charge in [0.15, 0.2) is 0 Å². The highest BCUT2D eigenvalue weighted by atomic mass is 15.2. The Morgan fingerprint density at radius 1 is 0.660 bits per heavy atom. The number of hydrogen-bond donors (Lipinski definition) is 0. The van der Waals surface area contributed by atoms with E-state index in [4.69, 9.17) is 0 Å². The summed E-state index contributed by atoms with van der Waals surface area (Å²) < 4.78 is 0. The minimum Gasteiger partial charge on any atom is -0.337 e. The normalized spacial score (nSPS) is 16.6. The van der Waals surface area contributed by atoms with Gasteiger partial charge in [-0.1, -0.05) is 152 Å². The summed E-state index contributed by atoms with van der Waals surface area (Å²) in [4.78, 5) is 4.85. The fraction of sp³-hybridized carbons (Fsp3) is 0.0833. The Labute approximate surface area is 296 Å². The van der Waals surface area contributed by atoms with Crippen LogP contribution in [0.2, 0.25) is 0 Å². The number of hydrogen-bond acceptors (Lipinski definition) is 2. The van der Waals surface area contributed by atoms with Crippen molar-refractivity contribution in [3.8, 4) is 11.1 Å². The second kappa shape index (κ2) is 13.8. The first-order valence-electron chi connectivity index (χ1n) is 17.5. The third-order valence-electron chi connectivity index (χ3n) is 9.75. The summed E-state index contributed by atoms with van der Waals surface area (Å²) in [7, 11) is 0. The molecule has 0 N–H and O–H groups in total. The standard InChI is InChI=1S/C48H40N2/c1-35-26-28-37(29-27-35)47-42-21-11-4-12-23-44(42)48(45-24-15-14-22-43(45)47)50(39-18-8-3-9-19-39)40-32-30-38(31-33-40)49-34-16-6-7-17-36(2)41-20-10-5-13-25-46(41)49/h3-12,14-20,22-33H,2,13,21,34H2,1H3/b16-6-,17-7-. The minimum atomic E-state index is 0.763. The molecular formula is C48H40N2. The van der Waals surface area contributed by atoms with Crippen LogP contribution in [0.15, 0.2) is 193 Å². The summed E-state index contributed by atoms with van der Waals surface area (Å²) in [5.41, 5.74) is 14.3. The topological polar surface area (TPSA) is 6.48 Å². The van der Waals surface area contributed by atoms with E-state index >= 15 is 0 Å². The van der Waals surface area contributed by atoms with E-state index in [0.717, 1.165) is 47.6 Å². The molecule has 2 nitrogen and oxygen atoms in total. The van der Waals surface area contributed by atoms with E-state index in [1.165, 1.54) is 50.0 Å². The molecular weight excluding hydrogens is 605 g/mol. The highest BCUT2D eigenvalue weighted by Crippen LogP contribution is 2.48. The Morgan fingerprint density at radius 3 is 2.20 bits per heavy atom. The van der Waals surface area contributed by atoms with Crippen molar-refractivity contribution in [3.63, 3.8) is 0 Å². The molecule has 0 radical (unpaired) electrons. The maximum absolute atomic E-state index is 4.41.